The van der Waals surface area contributed by atoms with Crippen LogP contribution in [-0.4, -0.2) is 30.3 Å². The van der Waals surface area contributed by atoms with Gasteiger partial charge in [-0.05, 0) is 30.7 Å². The molecule has 3 rings (SSSR count). The van der Waals surface area contributed by atoms with Crippen LogP contribution in [-0.2, 0) is 12.7 Å². The van der Waals surface area contributed by atoms with E-state index in [0.717, 1.165) is 23.3 Å². The number of nitrogens with two attached hydrogens (primary N) is 1. The van der Waals surface area contributed by atoms with Gasteiger partial charge in [0.2, 0.25) is 5.96 Å². The molecule has 0 radical (unpaired) electrons. The molecule has 30 heavy (non-hydrogen) atoms. The van der Waals surface area contributed by atoms with Crippen LogP contribution < -0.4 is 15.8 Å². The fourth-order valence-electron chi connectivity index (χ4n) is 2.97. The van der Waals surface area contributed by atoms with Crippen molar-refractivity contribution in [3.8, 4) is 5.75 Å². The molecular weight excluding hydrogens is 395 g/mol. The smallest absolute Gasteiger partial charge is 0.416 e. The molecule has 0 bridgehead atoms. The van der Waals surface area contributed by atoms with Crippen LogP contribution in [0.3, 0.4) is 0 Å². The van der Waals surface area contributed by atoms with Crippen molar-refractivity contribution in [2.75, 3.05) is 13.7 Å². The van der Waals surface area contributed by atoms with Gasteiger partial charge < -0.3 is 15.8 Å². The Morgan fingerprint density at radius 3 is 2.57 bits per heavy atom. The van der Waals surface area contributed by atoms with Crippen LogP contribution in [0.2, 0.25) is 0 Å². The third-order valence-electron chi connectivity index (χ3n) is 4.49. The molecule has 0 saturated carbocycles. The number of fused-ring (bicyclic) bond motifs is 1. The molecule has 158 valence electrons. The van der Waals surface area contributed by atoms with Crippen LogP contribution in [0.15, 0.2) is 59.1 Å². The molecule has 6 nitrogen and oxygen atoms in total. The average molecular weight is 417 g/mol. The molecule has 3 N–H and O–H groups in total. The van der Waals surface area contributed by atoms with Crippen molar-refractivity contribution in [1.29, 1.82) is 0 Å². The first kappa shape index (κ1) is 21.4. The maximum Gasteiger partial charge on any atom is 0.416 e. The molecule has 0 spiro atoms. The minimum Gasteiger partial charge on any atom is -0.494 e. The number of alkyl halides is 3. The lowest BCUT2D eigenvalue weighted by Crippen LogP contribution is -2.35. The van der Waals surface area contributed by atoms with E-state index in [0.29, 0.717) is 35.9 Å². The normalized spacial score (nSPS) is 14.4. The molecule has 0 atom stereocenters. The molecule has 9 heteroatoms. The lowest BCUT2D eigenvalue weighted by molar-refractivity contribution is -0.137. The van der Waals surface area contributed by atoms with Crippen molar-refractivity contribution in [2.24, 2.45) is 15.8 Å². The van der Waals surface area contributed by atoms with Crippen LogP contribution in [0.4, 0.5) is 18.9 Å². The van der Waals surface area contributed by atoms with E-state index in [1.54, 1.807) is 20.1 Å². The minimum absolute atomic E-state index is 0.166. The number of guanidine groups is 1. The summed E-state index contributed by atoms with van der Waals surface area (Å²) < 4.78 is 43.2. The van der Waals surface area contributed by atoms with E-state index >= 15 is 0 Å². The SMILES string of the molecule is C=C1c2cccc(OC)c2N=C(N)N1/N=C(\C)CNCc1ccc(C(F)(F)F)cc1. The third-order valence-corrected chi connectivity index (χ3v) is 4.49. The zero-order chi connectivity index (χ0) is 21.9. The molecule has 0 fully saturated rings. The van der Waals surface area contributed by atoms with Gasteiger partial charge in [-0.25, -0.2) is 10.0 Å². The fraction of sp³-hybridized carbons (Fsp3) is 0.238. The van der Waals surface area contributed by atoms with Crippen LogP contribution in [0.1, 0.15) is 23.6 Å². The standard InChI is InChI=1S/C21H22F3N5O/c1-13(11-26-12-15-7-9-16(10-8-15)21(22,23)24)28-29-14(2)17-5-4-6-18(30-3)19(17)27-20(29)25/h4-10,26H,2,11-12H2,1,3H3,(H2,25,27)/b28-13+. The van der Waals surface area contributed by atoms with Gasteiger partial charge in [0.1, 0.15) is 11.4 Å². The molecular formula is C21H22F3N5O. The largest absolute Gasteiger partial charge is 0.494 e. The molecule has 1 heterocycles. The van der Waals surface area contributed by atoms with Crippen LogP contribution in [0.25, 0.3) is 5.70 Å². The van der Waals surface area contributed by atoms with Crippen molar-refractivity contribution < 1.29 is 17.9 Å². The number of hydrogen-bond acceptors (Lipinski definition) is 6. The summed E-state index contributed by atoms with van der Waals surface area (Å²) in [5, 5.41) is 9.08. The highest BCUT2D eigenvalue weighted by molar-refractivity contribution is 5.98. The summed E-state index contributed by atoms with van der Waals surface area (Å²) in [6.45, 7) is 6.67. The predicted molar refractivity (Wildman–Crippen MR) is 111 cm³/mol. The van der Waals surface area contributed by atoms with Gasteiger partial charge in [0.25, 0.3) is 0 Å². The van der Waals surface area contributed by atoms with Crippen LogP contribution in [0, 0.1) is 0 Å². The highest BCUT2D eigenvalue weighted by Gasteiger charge is 2.30. The molecule has 0 aliphatic carbocycles. The molecule has 1 aliphatic rings. The van der Waals surface area contributed by atoms with E-state index in [9.17, 15) is 13.2 Å². The maximum atomic E-state index is 12.6. The van der Waals surface area contributed by atoms with Gasteiger partial charge in [-0.1, -0.05) is 30.8 Å². The number of hydrogen-bond donors (Lipinski definition) is 2. The number of ether oxygens (including phenoxy) is 1. The summed E-state index contributed by atoms with van der Waals surface area (Å²) in [6, 6.07) is 10.5. The van der Waals surface area contributed by atoms with Gasteiger partial charge in [0.05, 0.1) is 18.4 Å². The second kappa shape index (κ2) is 8.58. The maximum absolute atomic E-state index is 12.6. The summed E-state index contributed by atoms with van der Waals surface area (Å²) in [7, 11) is 1.56. The number of nitrogens with one attached hydrogen (secondary N) is 1. The number of nitrogens with zero attached hydrogens (tertiary/aromatic N) is 3. The number of methoxy groups -OCH3 is 1. The summed E-state index contributed by atoms with van der Waals surface area (Å²) in [6.07, 6.45) is -4.34. The molecule has 2 aromatic rings. The summed E-state index contributed by atoms with van der Waals surface area (Å²) >= 11 is 0. The number of benzene rings is 2. The Kier molecular flexibility index (Phi) is 6.12. The highest BCUT2D eigenvalue weighted by Crippen LogP contribution is 2.39. The van der Waals surface area contributed by atoms with Crippen LogP contribution >= 0.6 is 0 Å². The topological polar surface area (TPSA) is 75.2 Å². The molecule has 0 amide bonds. The summed E-state index contributed by atoms with van der Waals surface area (Å²) in [5.74, 6) is 0.759. The third kappa shape index (κ3) is 4.62. The van der Waals surface area contributed by atoms with Gasteiger partial charge in [0.15, 0.2) is 0 Å². The number of halogens is 3. The van der Waals surface area contributed by atoms with Gasteiger partial charge in [-0.3, -0.25) is 0 Å². The van der Waals surface area contributed by atoms with Crippen LogP contribution in [0.5, 0.6) is 5.75 Å². The van der Waals surface area contributed by atoms with Gasteiger partial charge in [0, 0.05) is 24.4 Å². The Hall–Kier alpha value is -3.33. The minimum atomic E-state index is -4.34. The van der Waals surface area contributed by atoms with Crippen molar-refractivity contribution in [2.45, 2.75) is 19.6 Å². The number of aliphatic imine (C=N–C) groups is 1. The van der Waals surface area contributed by atoms with Gasteiger partial charge in [-0.15, -0.1) is 0 Å². The van der Waals surface area contributed by atoms with E-state index in [-0.39, 0.29) is 5.96 Å². The van der Waals surface area contributed by atoms with E-state index in [2.05, 4.69) is 22.0 Å². The molecule has 1 aliphatic heterocycles. The van der Waals surface area contributed by atoms with Crippen molar-refractivity contribution >= 4 is 23.1 Å². The lowest BCUT2D eigenvalue weighted by Gasteiger charge is -2.27. The van der Waals surface area contributed by atoms with E-state index in [1.807, 2.05) is 12.1 Å². The quantitative estimate of drug-likeness (QED) is 0.694. The first-order chi connectivity index (χ1) is 14.2. The van der Waals surface area contributed by atoms with E-state index in [4.69, 9.17) is 10.5 Å². The Labute approximate surface area is 172 Å². The molecule has 0 aromatic heterocycles. The number of hydrazone groups is 1. The summed E-state index contributed by atoms with van der Waals surface area (Å²) in [5.41, 5.74) is 8.77. The zero-order valence-electron chi connectivity index (χ0n) is 16.6. The number of para-hydroxylation sites is 1. The first-order valence-electron chi connectivity index (χ1n) is 9.12. The highest BCUT2D eigenvalue weighted by atomic mass is 19.4. The average Bonchev–Trinajstić information content (AvgIpc) is 2.70. The fourth-order valence-corrected chi connectivity index (χ4v) is 2.97. The second-order valence-electron chi connectivity index (χ2n) is 6.72. The van der Waals surface area contributed by atoms with Crippen molar-refractivity contribution in [3.63, 3.8) is 0 Å². The molecule has 0 saturated heterocycles. The monoisotopic (exact) mass is 417 g/mol. The summed E-state index contributed by atoms with van der Waals surface area (Å²) in [4.78, 5) is 4.37. The van der Waals surface area contributed by atoms with Crippen molar-refractivity contribution in [1.82, 2.24) is 10.3 Å². The predicted octanol–water partition coefficient (Wildman–Crippen LogP) is 4.11. The molecule has 2 aromatic carbocycles. The first-order valence-corrected chi connectivity index (χ1v) is 9.12. The molecule has 0 unspecified atom stereocenters. The van der Waals surface area contributed by atoms with Gasteiger partial charge >= 0.3 is 6.18 Å². The van der Waals surface area contributed by atoms with Crippen molar-refractivity contribution in [3.05, 3.63) is 65.7 Å². The Bertz CT molecular complexity index is 997. The number of rotatable bonds is 6. The Morgan fingerprint density at radius 1 is 1.23 bits per heavy atom. The zero-order valence-corrected chi connectivity index (χ0v) is 16.6. The van der Waals surface area contributed by atoms with Gasteiger partial charge in [-0.2, -0.15) is 18.3 Å². The Morgan fingerprint density at radius 2 is 1.93 bits per heavy atom. The Balaban J connectivity index is 1.64. The second-order valence-corrected chi connectivity index (χ2v) is 6.72. The van der Waals surface area contributed by atoms with E-state index < -0.39 is 11.7 Å². The lowest BCUT2D eigenvalue weighted by atomic mass is 10.1. The van der Waals surface area contributed by atoms with E-state index in [1.165, 1.54) is 17.1 Å².